The number of ether oxygens (including phenoxy) is 1. The first kappa shape index (κ1) is 28.2. The van der Waals surface area contributed by atoms with Crippen molar-refractivity contribution in [1.82, 2.24) is 30.2 Å². The summed E-state index contributed by atoms with van der Waals surface area (Å²) in [5.74, 6) is 0.955. The molecule has 214 valence electrons. The Hall–Kier alpha value is -3.89. The number of aliphatic hydroxyl groups is 1. The van der Waals surface area contributed by atoms with Crippen molar-refractivity contribution in [3.8, 4) is 28.3 Å². The van der Waals surface area contributed by atoms with Gasteiger partial charge < -0.3 is 20.5 Å². The molecule has 1 saturated carbocycles. The molecule has 11 heteroatoms. The summed E-state index contributed by atoms with van der Waals surface area (Å²) in [4.78, 5) is 22.6. The van der Waals surface area contributed by atoms with Gasteiger partial charge in [0.25, 0.3) is 0 Å². The van der Waals surface area contributed by atoms with Gasteiger partial charge in [0.15, 0.2) is 5.82 Å². The number of rotatable bonds is 8. The van der Waals surface area contributed by atoms with Crippen LogP contribution < -0.4 is 15.4 Å². The Morgan fingerprint density at radius 2 is 1.64 bits per heavy atom. The Bertz CT molecular complexity index is 1730. The minimum absolute atomic E-state index is 0.0374. The van der Waals surface area contributed by atoms with Gasteiger partial charge in [-0.1, -0.05) is 66.4 Å². The third-order valence-corrected chi connectivity index (χ3v) is 8.28. The number of aromatic nitrogens is 5. The molecular weight excluding hydrogens is 573 g/mol. The first-order valence-corrected chi connectivity index (χ1v) is 14.5. The molecule has 0 amide bonds. The second-order valence-corrected chi connectivity index (χ2v) is 10.8. The van der Waals surface area contributed by atoms with Crippen molar-refractivity contribution in [2.24, 2.45) is 0 Å². The fraction of sp³-hybridized carbons (Fsp3) is 0.258. The molecule has 42 heavy (non-hydrogen) atoms. The molecule has 1 fully saturated rings. The Balaban J connectivity index is 1.29. The highest BCUT2D eigenvalue weighted by atomic mass is 35.5. The summed E-state index contributed by atoms with van der Waals surface area (Å²) >= 11 is 13.9. The molecule has 0 saturated heterocycles. The molecule has 2 atom stereocenters. The van der Waals surface area contributed by atoms with Crippen LogP contribution in [0.2, 0.25) is 10.0 Å². The maximum Gasteiger partial charge on any atom is 0.237 e. The Morgan fingerprint density at radius 3 is 2.48 bits per heavy atom. The second kappa shape index (κ2) is 12.5. The zero-order chi connectivity index (χ0) is 29.1. The molecule has 0 aliphatic heterocycles. The molecule has 6 rings (SSSR count). The average Bonchev–Trinajstić information content (AvgIpc) is 3.02. The molecule has 0 unspecified atom stereocenters. The molecule has 0 spiro atoms. The number of hydrogen-bond donors (Lipinski definition) is 3. The molecule has 0 radical (unpaired) electrons. The van der Waals surface area contributed by atoms with Crippen LogP contribution in [0.1, 0.15) is 31.4 Å². The Kier molecular flexibility index (Phi) is 8.43. The number of aliphatic hydroxyl groups excluding tert-OH is 1. The zero-order valence-corrected chi connectivity index (χ0v) is 24.4. The highest BCUT2D eigenvalue weighted by Crippen LogP contribution is 2.42. The van der Waals surface area contributed by atoms with Crippen LogP contribution in [0, 0.1) is 0 Å². The highest BCUT2D eigenvalue weighted by molar-refractivity contribution is 6.39. The molecule has 3 heterocycles. The van der Waals surface area contributed by atoms with Gasteiger partial charge in [-0.2, -0.15) is 0 Å². The lowest BCUT2D eigenvalue weighted by Gasteiger charge is -2.28. The first-order valence-electron chi connectivity index (χ1n) is 13.8. The quantitative estimate of drug-likeness (QED) is 0.181. The van der Waals surface area contributed by atoms with Crippen molar-refractivity contribution >= 4 is 45.7 Å². The lowest BCUT2D eigenvalue weighted by Crippen LogP contribution is -2.41. The number of hydrogen-bond acceptors (Lipinski definition) is 9. The van der Waals surface area contributed by atoms with E-state index in [2.05, 4.69) is 30.6 Å². The molecule has 1 aliphatic rings. The van der Waals surface area contributed by atoms with Gasteiger partial charge in [0, 0.05) is 47.9 Å². The first-order chi connectivity index (χ1) is 20.5. The predicted molar refractivity (Wildman–Crippen MR) is 165 cm³/mol. The van der Waals surface area contributed by atoms with Crippen molar-refractivity contribution in [2.45, 2.75) is 44.4 Å². The molecule has 5 aromatic rings. The molecule has 3 aromatic heterocycles. The molecule has 9 nitrogen and oxygen atoms in total. The van der Waals surface area contributed by atoms with Crippen LogP contribution >= 0.6 is 23.2 Å². The average molecular weight is 603 g/mol. The lowest BCUT2D eigenvalue weighted by molar-refractivity contribution is 0.0899. The molecule has 0 bridgehead atoms. The zero-order valence-electron chi connectivity index (χ0n) is 22.9. The van der Waals surface area contributed by atoms with Crippen LogP contribution in [0.4, 0.5) is 11.5 Å². The van der Waals surface area contributed by atoms with E-state index < -0.39 is 0 Å². The topological polar surface area (TPSA) is 118 Å². The maximum atomic E-state index is 10.3. The van der Waals surface area contributed by atoms with Crippen molar-refractivity contribution in [2.75, 3.05) is 12.4 Å². The van der Waals surface area contributed by atoms with Gasteiger partial charge in [0.2, 0.25) is 5.88 Å². The van der Waals surface area contributed by atoms with Gasteiger partial charge in [-0.05, 0) is 25.0 Å². The van der Waals surface area contributed by atoms with Gasteiger partial charge in [-0.3, -0.25) is 9.97 Å². The standard InChI is InChI=1S/C31H29Cl2N7O2/c1-42-31-25(17-37-21-9-2-3-11-26(21)41)38-16-24(40-31)20-8-4-6-18(27(20)32)19-7-5-10-22(28(19)33)39-30-29-23(12-13-36-30)34-14-15-35-29/h4-8,10,12-16,21,26,37,41H,2-3,9,11,17H2,1H3,(H,36,39)/t21-,26+/m1/s1. The largest absolute Gasteiger partial charge is 0.480 e. The van der Waals surface area contributed by atoms with E-state index in [9.17, 15) is 5.11 Å². The van der Waals surface area contributed by atoms with E-state index in [1.54, 1.807) is 38.0 Å². The fourth-order valence-electron chi connectivity index (χ4n) is 5.28. The van der Waals surface area contributed by atoms with Crippen LogP contribution in [0.15, 0.2) is 67.3 Å². The number of methoxy groups -OCH3 is 1. The summed E-state index contributed by atoms with van der Waals surface area (Å²) in [6.07, 6.45) is 10.2. The molecule has 3 N–H and O–H groups in total. The number of nitrogens with zero attached hydrogens (tertiary/aromatic N) is 5. The summed E-state index contributed by atoms with van der Waals surface area (Å²) in [5.41, 5.74) is 5.44. The summed E-state index contributed by atoms with van der Waals surface area (Å²) < 4.78 is 5.59. The van der Waals surface area contributed by atoms with Crippen molar-refractivity contribution in [3.63, 3.8) is 0 Å². The van der Waals surface area contributed by atoms with Crippen LogP contribution in [0.3, 0.4) is 0 Å². The number of pyridine rings is 1. The lowest BCUT2D eigenvalue weighted by atomic mass is 9.92. The van der Waals surface area contributed by atoms with Crippen LogP contribution in [0.5, 0.6) is 5.88 Å². The van der Waals surface area contributed by atoms with Crippen LogP contribution in [0.25, 0.3) is 33.4 Å². The van der Waals surface area contributed by atoms with Gasteiger partial charge in [-0.15, -0.1) is 0 Å². The minimum atomic E-state index is -0.351. The van der Waals surface area contributed by atoms with E-state index in [1.165, 1.54) is 0 Å². The summed E-state index contributed by atoms with van der Waals surface area (Å²) in [7, 11) is 1.57. The smallest absolute Gasteiger partial charge is 0.237 e. The summed E-state index contributed by atoms with van der Waals surface area (Å²) in [6, 6.07) is 13.2. The summed E-state index contributed by atoms with van der Waals surface area (Å²) in [5, 5.41) is 18.0. The predicted octanol–water partition coefficient (Wildman–Crippen LogP) is 6.60. The molecular formula is C31H29Cl2N7O2. The molecule has 1 aliphatic carbocycles. The van der Waals surface area contributed by atoms with E-state index in [4.69, 9.17) is 32.9 Å². The van der Waals surface area contributed by atoms with E-state index in [1.807, 2.05) is 36.4 Å². The number of anilines is 2. The van der Waals surface area contributed by atoms with Gasteiger partial charge in [0.1, 0.15) is 11.2 Å². The SMILES string of the molecule is COc1nc(-c2cccc(-c3cccc(Nc4nccc5nccnc45)c3Cl)c2Cl)cnc1CN[C@@H]1CCCC[C@@H]1O. The van der Waals surface area contributed by atoms with Gasteiger partial charge >= 0.3 is 0 Å². The van der Waals surface area contributed by atoms with E-state index in [-0.39, 0.29) is 12.1 Å². The number of nitrogens with one attached hydrogen (secondary N) is 2. The third-order valence-electron chi connectivity index (χ3n) is 7.47. The second-order valence-electron chi connectivity index (χ2n) is 10.1. The third kappa shape index (κ3) is 5.73. The van der Waals surface area contributed by atoms with Gasteiger partial charge in [-0.25, -0.2) is 15.0 Å². The van der Waals surface area contributed by atoms with Crippen molar-refractivity contribution in [3.05, 3.63) is 83.0 Å². The number of benzene rings is 2. The van der Waals surface area contributed by atoms with E-state index >= 15 is 0 Å². The van der Waals surface area contributed by atoms with Crippen LogP contribution in [-0.4, -0.2) is 49.3 Å². The normalized spacial score (nSPS) is 16.9. The number of fused-ring (bicyclic) bond motifs is 1. The van der Waals surface area contributed by atoms with Gasteiger partial charge in [0.05, 0.1) is 46.4 Å². The van der Waals surface area contributed by atoms with Crippen LogP contribution in [-0.2, 0) is 6.54 Å². The number of halogens is 2. The Morgan fingerprint density at radius 1 is 0.881 bits per heavy atom. The molecule has 2 aromatic carbocycles. The Labute approximate surface area is 253 Å². The fourth-order valence-corrected chi connectivity index (χ4v) is 5.88. The van der Waals surface area contributed by atoms with E-state index in [0.717, 1.165) is 42.3 Å². The minimum Gasteiger partial charge on any atom is -0.480 e. The summed E-state index contributed by atoms with van der Waals surface area (Å²) in [6.45, 7) is 0.443. The van der Waals surface area contributed by atoms with E-state index in [0.29, 0.717) is 56.4 Å². The maximum absolute atomic E-state index is 10.3. The van der Waals surface area contributed by atoms with Crippen molar-refractivity contribution in [1.29, 1.82) is 0 Å². The van der Waals surface area contributed by atoms with Crippen molar-refractivity contribution < 1.29 is 9.84 Å². The monoisotopic (exact) mass is 601 g/mol. The highest BCUT2D eigenvalue weighted by Gasteiger charge is 2.23.